The summed E-state index contributed by atoms with van der Waals surface area (Å²) >= 11 is 0. The van der Waals surface area contributed by atoms with Gasteiger partial charge in [0.05, 0.1) is 0 Å². The highest BCUT2D eigenvalue weighted by atomic mass is 127. The number of nitrogens with zero attached hydrogens (tertiary/aromatic N) is 2. The number of aromatic nitrogens is 1. The SMILES string of the molecule is CN=C(NCc1cccnc1Oc1cccc(F)c1)NCC1CC1.I. The number of hydrogen-bond donors (Lipinski definition) is 2. The highest BCUT2D eigenvalue weighted by Crippen LogP contribution is 2.27. The molecule has 1 aromatic heterocycles. The van der Waals surface area contributed by atoms with Gasteiger partial charge in [-0.3, -0.25) is 4.99 Å². The lowest BCUT2D eigenvalue weighted by molar-refractivity contribution is 0.450. The van der Waals surface area contributed by atoms with Crippen molar-refractivity contribution in [1.82, 2.24) is 15.6 Å². The van der Waals surface area contributed by atoms with Gasteiger partial charge in [0, 0.05) is 38.0 Å². The van der Waals surface area contributed by atoms with Crippen LogP contribution in [0.2, 0.25) is 0 Å². The molecular formula is C18H22FIN4O. The number of hydrogen-bond acceptors (Lipinski definition) is 3. The standard InChI is InChI=1S/C18H21FN4O.HI/c1-20-18(22-11-13-7-8-13)23-12-14-4-3-9-21-17(14)24-16-6-2-5-15(19)10-16;/h2-6,9-10,13H,7-8,11-12H2,1H3,(H2,20,22,23);1H. The minimum Gasteiger partial charge on any atom is -0.439 e. The first-order valence-electron chi connectivity index (χ1n) is 8.06. The summed E-state index contributed by atoms with van der Waals surface area (Å²) in [6.45, 7) is 1.46. The Hall–Kier alpha value is -1.90. The zero-order valence-corrected chi connectivity index (χ0v) is 16.4. The van der Waals surface area contributed by atoms with Gasteiger partial charge in [-0.2, -0.15) is 0 Å². The van der Waals surface area contributed by atoms with Crippen LogP contribution < -0.4 is 15.4 Å². The number of benzene rings is 1. The van der Waals surface area contributed by atoms with E-state index in [1.807, 2.05) is 12.1 Å². The second-order valence-electron chi connectivity index (χ2n) is 5.78. The summed E-state index contributed by atoms with van der Waals surface area (Å²) in [6, 6.07) is 9.78. The van der Waals surface area contributed by atoms with Gasteiger partial charge in [0.25, 0.3) is 0 Å². The van der Waals surface area contributed by atoms with E-state index in [0.717, 1.165) is 24.0 Å². The Morgan fingerprint density at radius 3 is 2.84 bits per heavy atom. The first kappa shape index (κ1) is 19.4. The lowest BCUT2D eigenvalue weighted by Gasteiger charge is -2.13. The number of rotatable bonds is 6. The van der Waals surface area contributed by atoms with Gasteiger partial charge < -0.3 is 15.4 Å². The van der Waals surface area contributed by atoms with Gasteiger partial charge in [-0.25, -0.2) is 9.37 Å². The normalized spacial score (nSPS) is 13.8. The number of halogens is 2. The molecule has 1 heterocycles. The van der Waals surface area contributed by atoms with Crippen LogP contribution in [0.1, 0.15) is 18.4 Å². The minimum atomic E-state index is -0.340. The molecule has 2 aromatic rings. The minimum absolute atomic E-state index is 0. The molecule has 0 amide bonds. The van der Waals surface area contributed by atoms with E-state index >= 15 is 0 Å². The fourth-order valence-corrected chi connectivity index (χ4v) is 2.26. The van der Waals surface area contributed by atoms with E-state index in [-0.39, 0.29) is 29.8 Å². The molecule has 2 N–H and O–H groups in total. The molecule has 1 aromatic carbocycles. The average molecular weight is 456 g/mol. The predicted molar refractivity (Wildman–Crippen MR) is 107 cm³/mol. The number of aliphatic imine (C=N–C) groups is 1. The van der Waals surface area contributed by atoms with Crippen molar-refractivity contribution in [2.45, 2.75) is 19.4 Å². The first-order valence-corrected chi connectivity index (χ1v) is 8.06. The van der Waals surface area contributed by atoms with Crippen molar-refractivity contribution in [1.29, 1.82) is 0 Å². The number of nitrogens with one attached hydrogen (secondary N) is 2. The van der Waals surface area contributed by atoms with Gasteiger partial charge in [0.15, 0.2) is 5.96 Å². The molecular weight excluding hydrogens is 434 g/mol. The van der Waals surface area contributed by atoms with Crippen LogP contribution in [-0.4, -0.2) is 24.5 Å². The molecule has 5 nitrogen and oxygen atoms in total. The maximum Gasteiger partial charge on any atom is 0.224 e. The van der Waals surface area contributed by atoms with Gasteiger partial charge >= 0.3 is 0 Å². The van der Waals surface area contributed by atoms with E-state index < -0.39 is 0 Å². The molecule has 1 aliphatic carbocycles. The molecule has 7 heteroatoms. The molecule has 1 fully saturated rings. The smallest absolute Gasteiger partial charge is 0.224 e. The summed E-state index contributed by atoms with van der Waals surface area (Å²) in [6.07, 6.45) is 4.23. The summed E-state index contributed by atoms with van der Waals surface area (Å²) in [7, 11) is 1.75. The topological polar surface area (TPSA) is 58.5 Å². The predicted octanol–water partition coefficient (Wildman–Crippen LogP) is 3.71. The van der Waals surface area contributed by atoms with Crippen LogP contribution >= 0.6 is 24.0 Å². The molecule has 0 aliphatic heterocycles. The van der Waals surface area contributed by atoms with E-state index in [4.69, 9.17) is 4.74 Å². The highest BCUT2D eigenvalue weighted by Gasteiger charge is 2.21. The Morgan fingerprint density at radius 1 is 1.28 bits per heavy atom. The summed E-state index contributed by atoms with van der Waals surface area (Å²) in [5.74, 6) is 2.06. The van der Waals surface area contributed by atoms with Crippen molar-refractivity contribution in [2.75, 3.05) is 13.6 Å². The third-order valence-electron chi connectivity index (χ3n) is 3.79. The summed E-state index contributed by atoms with van der Waals surface area (Å²) in [5.41, 5.74) is 0.871. The average Bonchev–Trinajstić information content (AvgIpc) is 3.41. The summed E-state index contributed by atoms with van der Waals surface area (Å²) < 4.78 is 19.0. The second kappa shape index (κ2) is 9.55. The van der Waals surface area contributed by atoms with Gasteiger partial charge in [-0.1, -0.05) is 12.1 Å². The third kappa shape index (κ3) is 6.15. The number of pyridine rings is 1. The van der Waals surface area contributed by atoms with Crippen molar-refractivity contribution in [3.8, 4) is 11.6 Å². The van der Waals surface area contributed by atoms with E-state index in [2.05, 4.69) is 20.6 Å². The van der Waals surface area contributed by atoms with Crippen molar-refractivity contribution in [3.05, 3.63) is 54.0 Å². The zero-order chi connectivity index (χ0) is 16.8. The molecule has 25 heavy (non-hydrogen) atoms. The molecule has 3 rings (SSSR count). The van der Waals surface area contributed by atoms with Crippen molar-refractivity contribution >= 4 is 29.9 Å². The quantitative estimate of drug-likeness (QED) is 0.396. The van der Waals surface area contributed by atoms with Gasteiger partial charge in [-0.15, -0.1) is 24.0 Å². The Labute approximate surface area is 164 Å². The molecule has 0 atom stereocenters. The van der Waals surface area contributed by atoms with Crippen LogP contribution in [0.5, 0.6) is 11.6 Å². The third-order valence-corrected chi connectivity index (χ3v) is 3.79. The molecule has 134 valence electrons. The molecule has 0 spiro atoms. The Balaban J connectivity index is 0.00000225. The fourth-order valence-electron chi connectivity index (χ4n) is 2.26. The van der Waals surface area contributed by atoms with E-state index in [0.29, 0.717) is 18.2 Å². The van der Waals surface area contributed by atoms with Crippen LogP contribution in [0.4, 0.5) is 4.39 Å². The second-order valence-corrected chi connectivity index (χ2v) is 5.78. The van der Waals surface area contributed by atoms with Crippen LogP contribution in [0, 0.1) is 11.7 Å². The Bertz CT molecular complexity index is 722. The van der Waals surface area contributed by atoms with E-state index in [1.165, 1.54) is 25.0 Å². The van der Waals surface area contributed by atoms with E-state index in [9.17, 15) is 4.39 Å². The molecule has 0 saturated heterocycles. The van der Waals surface area contributed by atoms with Crippen molar-refractivity contribution < 1.29 is 9.13 Å². The van der Waals surface area contributed by atoms with Crippen LogP contribution in [-0.2, 0) is 6.54 Å². The first-order chi connectivity index (χ1) is 11.7. The molecule has 0 unspecified atom stereocenters. The Kier molecular flexibility index (Phi) is 7.42. The fraction of sp³-hybridized carbons (Fsp3) is 0.333. The van der Waals surface area contributed by atoms with E-state index in [1.54, 1.807) is 25.4 Å². The van der Waals surface area contributed by atoms with Gasteiger partial charge in [-0.05, 0) is 37.0 Å². The molecule has 1 saturated carbocycles. The van der Waals surface area contributed by atoms with Gasteiger partial charge in [0.2, 0.25) is 5.88 Å². The van der Waals surface area contributed by atoms with Crippen LogP contribution in [0.15, 0.2) is 47.6 Å². The van der Waals surface area contributed by atoms with Crippen LogP contribution in [0.25, 0.3) is 0 Å². The molecule has 0 bridgehead atoms. The zero-order valence-electron chi connectivity index (χ0n) is 14.0. The van der Waals surface area contributed by atoms with Crippen molar-refractivity contribution in [2.24, 2.45) is 10.9 Å². The summed E-state index contributed by atoms with van der Waals surface area (Å²) in [4.78, 5) is 8.46. The highest BCUT2D eigenvalue weighted by molar-refractivity contribution is 14.0. The number of ether oxygens (including phenoxy) is 1. The lowest BCUT2D eigenvalue weighted by atomic mass is 10.2. The number of guanidine groups is 1. The monoisotopic (exact) mass is 456 g/mol. The lowest BCUT2D eigenvalue weighted by Crippen LogP contribution is -2.37. The molecule has 1 aliphatic rings. The maximum atomic E-state index is 13.3. The Morgan fingerprint density at radius 2 is 2.12 bits per heavy atom. The largest absolute Gasteiger partial charge is 0.439 e. The van der Waals surface area contributed by atoms with Crippen LogP contribution in [0.3, 0.4) is 0 Å². The summed E-state index contributed by atoms with van der Waals surface area (Å²) in [5, 5.41) is 6.56. The van der Waals surface area contributed by atoms with Gasteiger partial charge in [0.1, 0.15) is 11.6 Å². The molecule has 0 radical (unpaired) electrons. The van der Waals surface area contributed by atoms with Crippen molar-refractivity contribution in [3.63, 3.8) is 0 Å². The maximum absolute atomic E-state index is 13.3.